The van der Waals surface area contributed by atoms with Gasteiger partial charge in [-0.1, -0.05) is 31.6 Å². The fraction of sp³-hybridized carbons (Fsp3) is 0.536. The van der Waals surface area contributed by atoms with E-state index < -0.39 is 0 Å². The van der Waals surface area contributed by atoms with Crippen LogP contribution in [0.3, 0.4) is 0 Å². The topological polar surface area (TPSA) is 59.8 Å². The highest BCUT2D eigenvalue weighted by atomic mass is 16.1. The fourth-order valence-corrected chi connectivity index (χ4v) is 7.90. The molecular formula is C28H34N4O. The molecule has 2 aromatic heterocycles. The molecule has 2 saturated carbocycles. The molecule has 4 aliphatic rings. The number of amides is 1. The predicted molar refractivity (Wildman–Crippen MR) is 129 cm³/mol. The average molecular weight is 443 g/mol. The number of nitrogens with one attached hydrogen (secondary N) is 1. The summed E-state index contributed by atoms with van der Waals surface area (Å²) in [6, 6.07) is 3.82. The third-order valence-electron chi connectivity index (χ3n) is 9.70. The van der Waals surface area contributed by atoms with E-state index in [2.05, 4.69) is 52.0 Å². The molecule has 5 nitrogen and oxygen atoms in total. The van der Waals surface area contributed by atoms with E-state index >= 15 is 0 Å². The van der Waals surface area contributed by atoms with Gasteiger partial charge in [0.15, 0.2) is 0 Å². The zero-order valence-corrected chi connectivity index (χ0v) is 19.7. The molecule has 2 fully saturated rings. The number of hydrogen-bond donors (Lipinski definition) is 1. The Morgan fingerprint density at radius 1 is 1.00 bits per heavy atom. The molecule has 4 aliphatic carbocycles. The van der Waals surface area contributed by atoms with Crippen molar-refractivity contribution in [2.45, 2.75) is 64.8 Å². The first-order chi connectivity index (χ1) is 16.0. The van der Waals surface area contributed by atoms with Gasteiger partial charge in [-0.25, -0.2) is 4.98 Å². The van der Waals surface area contributed by atoms with Gasteiger partial charge in [-0.2, -0.15) is 0 Å². The Labute approximate surface area is 196 Å². The van der Waals surface area contributed by atoms with Crippen molar-refractivity contribution in [3.05, 3.63) is 66.5 Å². The summed E-state index contributed by atoms with van der Waals surface area (Å²) in [6.07, 6.45) is 22.5. The van der Waals surface area contributed by atoms with E-state index in [0.717, 1.165) is 24.7 Å². The maximum atomic E-state index is 12.7. The first-order valence-corrected chi connectivity index (χ1v) is 12.6. The number of nitrogens with zero attached hydrogens (tertiary/aromatic N) is 3. The van der Waals surface area contributed by atoms with Crippen molar-refractivity contribution in [1.82, 2.24) is 19.9 Å². The van der Waals surface area contributed by atoms with Crippen LogP contribution in [-0.4, -0.2) is 26.5 Å². The van der Waals surface area contributed by atoms with E-state index in [1.807, 2.05) is 12.5 Å². The standard InChI is InChI=1S/C28H34N4O/c1-27-11-7-21(31-26(33)19-9-13-29-14-10-19)17-20(27)3-4-22-23-5-6-25(32-16-15-30-18-32)28(23,2)12-8-24(22)27/h3,6,9-10,13-16,18,21-24H,4-5,7-8,11-12,17H2,1-2H3,(H,31,33)/t21-,22?,23?,24?,27-,28-/m0/s1. The Kier molecular flexibility index (Phi) is 4.86. The highest BCUT2D eigenvalue weighted by molar-refractivity contribution is 5.94. The molecule has 0 bridgehead atoms. The van der Waals surface area contributed by atoms with Gasteiger partial charge in [0.1, 0.15) is 0 Å². The van der Waals surface area contributed by atoms with Crippen molar-refractivity contribution in [3.8, 4) is 0 Å². The van der Waals surface area contributed by atoms with Gasteiger partial charge >= 0.3 is 0 Å². The van der Waals surface area contributed by atoms with E-state index in [0.29, 0.717) is 11.5 Å². The van der Waals surface area contributed by atoms with Gasteiger partial charge in [-0.3, -0.25) is 9.78 Å². The average Bonchev–Trinajstić information content (AvgIpc) is 3.47. The molecule has 3 unspecified atom stereocenters. The molecule has 33 heavy (non-hydrogen) atoms. The Morgan fingerprint density at radius 3 is 2.61 bits per heavy atom. The third-order valence-corrected chi connectivity index (χ3v) is 9.70. The normalized spacial score (nSPS) is 37.3. The molecule has 5 heteroatoms. The van der Waals surface area contributed by atoms with E-state index in [9.17, 15) is 4.79 Å². The van der Waals surface area contributed by atoms with Crippen molar-refractivity contribution >= 4 is 11.6 Å². The number of hydrogen-bond acceptors (Lipinski definition) is 3. The number of rotatable bonds is 3. The van der Waals surface area contributed by atoms with Gasteiger partial charge < -0.3 is 9.88 Å². The minimum atomic E-state index is 0.0257. The molecule has 6 atom stereocenters. The summed E-state index contributed by atoms with van der Waals surface area (Å²) in [7, 11) is 0. The largest absolute Gasteiger partial charge is 0.349 e. The first-order valence-electron chi connectivity index (χ1n) is 12.6. The van der Waals surface area contributed by atoms with Crippen molar-refractivity contribution in [3.63, 3.8) is 0 Å². The number of fused-ring (bicyclic) bond motifs is 5. The zero-order valence-electron chi connectivity index (χ0n) is 19.7. The Hall–Kier alpha value is -2.69. The predicted octanol–water partition coefficient (Wildman–Crippen LogP) is 5.49. The lowest BCUT2D eigenvalue weighted by Gasteiger charge is -2.58. The Bertz CT molecular complexity index is 1100. The number of carbonyl (C=O) groups excluding carboxylic acids is 1. The van der Waals surface area contributed by atoms with E-state index in [4.69, 9.17) is 0 Å². The van der Waals surface area contributed by atoms with Gasteiger partial charge in [0.05, 0.1) is 6.33 Å². The molecular weight excluding hydrogens is 408 g/mol. The minimum absolute atomic E-state index is 0.0257. The van der Waals surface area contributed by atoms with E-state index in [1.54, 1.807) is 30.1 Å². The molecule has 2 heterocycles. The van der Waals surface area contributed by atoms with Crippen LogP contribution in [0.1, 0.15) is 69.2 Å². The molecule has 0 radical (unpaired) electrons. The van der Waals surface area contributed by atoms with Crippen LogP contribution in [-0.2, 0) is 0 Å². The number of pyridine rings is 1. The minimum Gasteiger partial charge on any atom is -0.349 e. The molecule has 0 aliphatic heterocycles. The van der Waals surface area contributed by atoms with Gasteiger partial charge in [-0.05, 0) is 80.2 Å². The molecule has 0 aromatic carbocycles. The molecule has 2 aromatic rings. The quantitative estimate of drug-likeness (QED) is 0.640. The van der Waals surface area contributed by atoms with Crippen LogP contribution in [0.5, 0.6) is 0 Å². The van der Waals surface area contributed by atoms with Gasteiger partial charge in [-0.15, -0.1) is 0 Å². The van der Waals surface area contributed by atoms with Crippen LogP contribution < -0.4 is 5.32 Å². The number of allylic oxidation sites excluding steroid dienone is 3. The fourth-order valence-electron chi connectivity index (χ4n) is 7.90. The van der Waals surface area contributed by atoms with Crippen LogP contribution in [0.2, 0.25) is 0 Å². The maximum absolute atomic E-state index is 12.7. The summed E-state index contributed by atoms with van der Waals surface area (Å²) >= 11 is 0. The van der Waals surface area contributed by atoms with Crippen LogP contribution in [0, 0.1) is 28.6 Å². The molecule has 172 valence electrons. The highest BCUT2D eigenvalue weighted by Crippen LogP contribution is 2.65. The molecule has 0 spiro atoms. The van der Waals surface area contributed by atoms with Crippen LogP contribution >= 0.6 is 0 Å². The van der Waals surface area contributed by atoms with Crippen LogP contribution in [0.25, 0.3) is 5.70 Å². The molecule has 1 N–H and O–H groups in total. The molecule has 0 saturated heterocycles. The SMILES string of the molecule is C[C@]12CC[C@H](NC(=O)c3ccncc3)CC1=CCC1C2CC[C@]2(C)C(n3ccnc3)=CCC12. The van der Waals surface area contributed by atoms with Crippen molar-refractivity contribution in [2.75, 3.05) is 0 Å². The van der Waals surface area contributed by atoms with E-state index in [-0.39, 0.29) is 22.8 Å². The van der Waals surface area contributed by atoms with Gasteiger partial charge in [0, 0.05) is 47.5 Å². The monoisotopic (exact) mass is 442 g/mol. The third kappa shape index (κ3) is 3.23. The lowest BCUT2D eigenvalue weighted by Crippen LogP contribution is -2.51. The summed E-state index contributed by atoms with van der Waals surface area (Å²) in [5, 5.41) is 3.30. The van der Waals surface area contributed by atoms with Crippen LogP contribution in [0.15, 0.2) is 61.0 Å². The number of imidazole rings is 1. The van der Waals surface area contributed by atoms with Crippen molar-refractivity contribution in [1.29, 1.82) is 0 Å². The van der Waals surface area contributed by atoms with Gasteiger partial charge in [0.25, 0.3) is 5.91 Å². The van der Waals surface area contributed by atoms with Crippen molar-refractivity contribution < 1.29 is 4.79 Å². The van der Waals surface area contributed by atoms with Gasteiger partial charge in [0.2, 0.25) is 0 Å². The smallest absolute Gasteiger partial charge is 0.251 e. The molecule has 6 rings (SSSR count). The number of aromatic nitrogens is 3. The Balaban J connectivity index is 1.20. The summed E-state index contributed by atoms with van der Waals surface area (Å²) in [4.78, 5) is 21.0. The summed E-state index contributed by atoms with van der Waals surface area (Å²) in [5.74, 6) is 2.24. The Morgan fingerprint density at radius 2 is 1.82 bits per heavy atom. The summed E-state index contributed by atoms with van der Waals surface area (Å²) < 4.78 is 2.25. The second kappa shape index (κ2) is 7.68. The lowest BCUT2D eigenvalue weighted by atomic mass is 9.47. The van der Waals surface area contributed by atoms with E-state index in [1.165, 1.54) is 37.8 Å². The highest BCUT2D eigenvalue weighted by Gasteiger charge is 2.57. The number of carbonyl (C=O) groups is 1. The summed E-state index contributed by atoms with van der Waals surface area (Å²) in [5.41, 5.74) is 4.29. The second-order valence-corrected chi connectivity index (χ2v) is 11.2. The van der Waals surface area contributed by atoms with Crippen molar-refractivity contribution in [2.24, 2.45) is 28.6 Å². The summed E-state index contributed by atoms with van der Waals surface area (Å²) in [6.45, 7) is 5.03. The second-order valence-electron chi connectivity index (χ2n) is 11.2. The first kappa shape index (κ1) is 20.9. The zero-order chi connectivity index (χ0) is 22.6. The molecule has 1 amide bonds. The maximum Gasteiger partial charge on any atom is 0.251 e. The van der Waals surface area contributed by atoms with Crippen LogP contribution in [0.4, 0.5) is 0 Å². The lowest BCUT2D eigenvalue weighted by molar-refractivity contribution is -0.0137.